The smallest absolute Gasteiger partial charge is 0.467 e. The molecule has 10 nitrogen and oxygen atoms in total. The number of nitrogens with one attached hydrogen (secondary N) is 2. The van der Waals surface area contributed by atoms with Crippen molar-refractivity contribution in [3.63, 3.8) is 0 Å². The first-order valence-corrected chi connectivity index (χ1v) is 12.1. The number of halogens is 6. The monoisotopic (exact) mass is 608 g/mol. The third kappa shape index (κ3) is 11.5. The molecule has 2 amide bonds. The molecule has 2 N–H and O–H groups in total. The molecule has 0 aliphatic rings. The summed E-state index contributed by atoms with van der Waals surface area (Å²) in [6, 6.07) is 5.74. The number of rotatable bonds is 13. The maximum absolute atomic E-state index is 12.5. The zero-order chi connectivity index (χ0) is 31.5. The molecule has 42 heavy (non-hydrogen) atoms. The maximum Gasteiger partial charge on any atom is 0.573 e. The Balaban J connectivity index is 1.95. The van der Waals surface area contributed by atoms with Crippen molar-refractivity contribution in [1.29, 1.82) is 0 Å². The molecule has 0 fully saturated rings. The highest BCUT2D eigenvalue weighted by Crippen LogP contribution is 2.24. The van der Waals surface area contributed by atoms with Gasteiger partial charge in [0.1, 0.15) is 23.6 Å². The first kappa shape index (κ1) is 33.7. The van der Waals surface area contributed by atoms with Gasteiger partial charge in [0.25, 0.3) is 11.8 Å². The Labute approximate surface area is 235 Å². The van der Waals surface area contributed by atoms with Crippen LogP contribution in [-0.4, -0.2) is 62.8 Å². The van der Waals surface area contributed by atoms with E-state index in [4.69, 9.17) is 9.47 Å². The van der Waals surface area contributed by atoms with E-state index in [0.717, 1.165) is 62.8 Å². The van der Waals surface area contributed by atoms with Crippen LogP contribution in [0.25, 0.3) is 0 Å². The van der Waals surface area contributed by atoms with E-state index in [2.05, 4.69) is 20.1 Å². The van der Waals surface area contributed by atoms with E-state index in [1.165, 1.54) is 0 Å². The lowest BCUT2D eigenvalue weighted by atomic mass is 10.0. The molecule has 0 saturated heterocycles. The highest BCUT2D eigenvalue weighted by atomic mass is 19.4. The van der Waals surface area contributed by atoms with Gasteiger partial charge in [-0.05, 0) is 61.4 Å². The van der Waals surface area contributed by atoms with Crippen molar-refractivity contribution in [2.75, 3.05) is 14.2 Å². The van der Waals surface area contributed by atoms with Crippen LogP contribution >= 0.6 is 0 Å². The van der Waals surface area contributed by atoms with Gasteiger partial charge in [-0.3, -0.25) is 9.59 Å². The first-order valence-electron chi connectivity index (χ1n) is 12.1. The minimum Gasteiger partial charge on any atom is -0.467 e. The zero-order valence-corrected chi connectivity index (χ0v) is 22.1. The molecule has 0 aromatic heterocycles. The van der Waals surface area contributed by atoms with Gasteiger partial charge in [0, 0.05) is 11.1 Å². The van der Waals surface area contributed by atoms with Crippen molar-refractivity contribution < 1.29 is 64.5 Å². The van der Waals surface area contributed by atoms with Crippen LogP contribution < -0.4 is 20.1 Å². The van der Waals surface area contributed by atoms with E-state index in [1.807, 2.05) is 0 Å². The number of alkyl halides is 6. The number of benzene rings is 2. The number of esters is 2. The lowest BCUT2D eigenvalue weighted by molar-refractivity contribution is -0.275. The van der Waals surface area contributed by atoms with Crippen LogP contribution in [0, 0.1) is 0 Å². The molecule has 0 unspecified atom stereocenters. The molecular weight excluding hydrogens is 582 g/mol. The second kappa shape index (κ2) is 14.9. The predicted molar refractivity (Wildman–Crippen MR) is 131 cm³/mol. The highest BCUT2D eigenvalue weighted by Gasteiger charge is 2.32. The number of methoxy groups -OCH3 is 2. The highest BCUT2D eigenvalue weighted by molar-refractivity contribution is 5.97. The van der Waals surface area contributed by atoms with Crippen molar-refractivity contribution in [3.8, 4) is 11.5 Å². The maximum atomic E-state index is 12.5. The SMILES string of the molecule is COC(=O)[C@H](CCCC[C@H](NC(=O)c1ccc(OC(F)(F)F)cc1)C(=O)OC)NC(=O)c1ccc(OC(F)(F)F)cc1. The summed E-state index contributed by atoms with van der Waals surface area (Å²) >= 11 is 0. The van der Waals surface area contributed by atoms with E-state index in [9.17, 15) is 45.5 Å². The third-order valence-electron chi connectivity index (χ3n) is 5.52. The van der Waals surface area contributed by atoms with Gasteiger partial charge >= 0.3 is 24.7 Å². The number of amides is 2. The Morgan fingerprint density at radius 1 is 0.619 bits per heavy atom. The summed E-state index contributed by atoms with van der Waals surface area (Å²) < 4.78 is 90.8. The molecule has 0 radical (unpaired) electrons. The third-order valence-corrected chi connectivity index (χ3v) is 5.52. The molecular formula is C26H26F6N2O8. The molecule has 0 bridgehead atoms. The van der Waals surface area contributed by atoms with E-state index in [0.29, 0.717) is 0 Å². The van der Waals surface area contributed by atoms with Crippen molar-refractivity contribution in [3.05, 3.63) is 59.7 Å². The van der Waals surface area contributed by atoms with Gasteiger partial charge in [-0.1, -0.05) is 12.8 Å². The minimum atomic E-state index is -4.91. The summed E-state index contributed by atoms with van der Waals surface area (Å²) in [6.07, 6.45) is -9.25. The van der Waals surface area contributed by atoms with Crippen LogP contribution in [-0.2, 0) is 19.1 Å². The van der Waals surface area contributed by atoms with E-state index >= 15 is 0 Å². The molecule has 0 spiro atoms. The molecule has 0 aliphatic heterocycles. The van der Waals surface area contributed by atoms with Gasteiger partial charge in [-0.15, -0.1) is 26.3 Å². The van der Waals surface area contributed by atoms with E-state index in [1.54, 1.807) is 0 Å². The van der Waals surface area contributed by atoms with Gasteiger partial charge in [0.05, 0.1) is 14.2 Å². The number of carbonyl (C=O) groups is 4. The Hall–Kier alpha value is -4.50. The summed E-state index contributed by atoms with van der Waals surface area (Å²) in [7, 11) is 2.19. The van der Waals surface area contributed by atoms with Gasteiger partial charge in [0.2, 0.25) is 0 Å². The number of ether oxygens (including phenoxy) is 4. The Kier molecular flexibility index (Phi) is 12.0. The van der Waals surface area contributed by atoms with Gasteiger partial charge in [-0.2, -0.15) is 0 Å². The predicted octanol–water partition coefficient (Wildman–Crippen LogP) is 4.29. The van der Waals surface area contributed by atoms with Crippen molar-refractivity contribution in [1.82, 2.24) is 10.6 Å². The molecule has 230 valence electrons. The van der Waals surface area contributed by atoms with E-state index < -0.39 is 60.1 Å². The second-order valence-corrected chi connectivity index (χ2v) is 8.53. The van der Waals surface area contributed by atoms with Crippen LogP contribution in [0.1, 0.15) is 46.4 Å². The number of hydrogen-bond acceptors (Lipinski definition) is 8. The summed E-state index contributed by atoms with van der Waals surface area (Å²) in [5.41, 5.74) is -0.102. The summed E-state index contributed by atoms with van der Waals surface area (Å²) in [6.45, 7) is 0. The molecule has 0 saturated carbocycles. The molecule has 2 aromatic rings. The van der Waals surface area contributed by atoms with Crippen molar-refractivity contribution in [2.45, 2.75) is 50.5 Å². The van der Waals surface area contributed by atoms with Crippen LogP contribution in [0.3, 0.4) is 0 Å². The van der Waals surface area contributed by atoms with Gasteiger partial charge in [0.15, 0.2) is 0 Å². The van der Waals surface area contributed by atoms with Crippen LogP contribution in [0.4, 0.5) is 26.3 Å². The number of hydrogen-bond donors (Lipinski definition) is 2. The van der Waals surface area contributed by atoms with Crippen LogP contribution in [0.15, 0.2) is 48.5 Å². The standard InChI is InChI=1S/C26H26F6N2O8/c1-39-23(37)19(33-21(35)15-7-11-17(12-8-15)41-25(27,28)29)5-3-4-6-20(24(38)40-2)34-22(36)16-9-13-18(14-10-16)42-26(30,31)32/h7-14,19-20H,3-6H2,1-2H3,(H,33,35)(H,34,36)/t19-,20-/m0/s1. The van der Waals surface area contributed by atoms with Crippen LogP contribution in [0.5, 0.6) is 11.5 Å². The lowest BCUT2D eigenvalue weighted by Gasteiger charge is -2.19. The van der Waals surface area contributed by atoms with Crippen molar-refractivity contribution >= 4 is 23.8 Å². The average molecular weight is 608 g/mol. The number of unbranched alkanes of at least 4 members (excludes halogenated alkanes) is 1. The van der Waals surface area contributed by atoms with Gasteiger partial charge in [-0.25, -0.2) is 9.59 Å². The summed E-state index contributed by atoms with van der Waals surface area (Å²) in [5.74, 6) is -4.20. The summed E-state index contributed by atoms with van der Waals surface area (Å²) in [4.78, 5) is 49.4. The average Bonchev–Trinajstić information content (AvgIpc) is 2.91. The fourth-order valence-electron chi connectivity index (χ4n) is 3.58. The fraction of sp³-hybridized carbons (Fsp3) is 0.385. The molecule has 2 aromatic carbocycles. The fourth-order valence-corrected chi connectivity index (χ4v) is 3.58. The Bertz CT molecular complexity index is 1120. The molecule has 2 atom stereocenters. The van der Waals surface area contributed by atoms with E-state index in [-0.39, 0.29) is 36.8 Å². The molecule has 0 heterocycles. The molecule has 2 rings (SSSR count). The number of carbonyl (C=O) groups excluding carboxylic acids is 4. The zero-order valence-electron chi connectivity index (χ0n) is 22.1. The van der Waals surface area contributed by atoms with Crippen LogP contribution in [0.2, 0.25) is 0 Å². The first-order chi connectivity index (χ1) is 19.6. The lowest BCUT2D eigenvalue weighted by Crippen LogP contribution is -2.42. The topological polar surface area (TPSA) is 129 Å². The molecule has 0 aliphatic carbocycles. The summed E-state index contributed by atoms with van der Waals surface area (Å²) in [5, 5.41) is 4.86. The van der Waals surface area contributed by atoms with Crippen molar-refractivity contribution in [2.24, 2.45) is 0 Å². The molecule has 16 heteroatoms. The Morgan fingerprint density at radius 2 is 0.929 bits per heavy atom. The Morgan fingerprint density at radius 3 is 1.19 bits per heavy atom. The minimum absolute atomic E-state index is 0.0379. The quantitative estimate of drug-likeness (QED) is 0.196. The normalized spacial score (nSPS) is 12.9. The second-order valence-electron chi connectivity index (χ2n) is 8.53. The van der Waals surface area contributed by atoms with Gasteiger partial charge < -0.3 is 29.6 Å². The largest absolute Gasteiger partial charge is 0.573 e.